The first-order valence-corrected chi connectivity index (χ1v) is 11.5. The number of hydrogen-bond acceptors (Lipinski definition) is 5. The minimum absolute atomic E-state index is 0.754. The Kier molecular flexibility index (Phi) is 5.03. The average molecular weight is 456 g/mol. The summed E-state index contributed by atoms with van der Waals surface area (Å²) in [5, 5.41) is 4.62. The summed E-state index contributed by atoms with van der Waals surface area (Å²) in [5.74, 6) is 0.804. The van der Waals surface area contributed by atoms with Crippen LogP contribution in [0.5, 0.6) is 0 Å². The molecule has 0 bridgehead atoms. The van der Waals surface area contributed by atoms with Gasteiger partial charge in [0.1, 0.15) is 5.52 Å². The maximum Gasteiger partial charge on any atom is 0.183 e. The summed E-state index contributed by atoms with van der Waals surface area (Å²) in [6.07, 6.45) is 10.5. The van der Waals surface area contributed by atoms with Gasteiger partial charge in [-0.2, -0.15) is 0 Å². The van der Waals surface area contributed by atoms with Crippen LogP contribution in [0, 0.1) is 5.92 Å². The van der Waals surface area contributed by atoms with Crippen LogP contribution < -0.4 is 5.32 Å². The minimum atomic E-state index is 0.754. The highest BCUT2D eigenvalue weighted by Crippen LogP contribution is 2.29. The Morgan fingerprint density at radius 2 is 2.00 bits per heavy atom. The SMILES string of the molecule is Brc1cnc2c(c1)ncn2Cc1ccc2nc(NCC3CCCCC3)sc2c1. The number of pyridine rings is 1. The summed E-state index contributed by atoms with van der Waals surface area (Å²) in [4.78, 5) is 13.7. The third-order valence-electron chi connectivity index (χ3n) is 5.49. The van der Waals surface area contributed by atoms with Crippen molar-refractivity contribution in [2.24, 2.45) is 5.92 Å². The lowest BCUT2D eigenvalue weighted by Gasteiger charge is -2.21. The van der Waals surface area contributed by atoms with Crippen molar-refractivity contribution >= 4 is 53.8 Å². The number of benzene rings is 1. The molecule has 28 heavy (non-hydrogen) atoms. The van der Waals surface area contributed by atoms with Crippen LogP contribution in [0.25, 0.3) is 21.4 Å². The van der Waals surface area contributed by atoms with Crippen LogP contribution in [0.4, 0.5) is 5.13 Å². The van der Waals surface area contributed by atoms with Crippen molar-refractivity contribution < 1.29 is 0 Å². The molecule has 3 aromatic heterocycles. The Bertz CT molecular complexity index is 1110. The molecule has 0 atom stereocenters. The summed E-state index contributed by atoms with van der Waals surface area (Å²) < 4.78 is 4.26. The van der Waals surface area contributed by atoms with E-state index >= 15 is 0 Å². The number of hydrogen-bond donors (Lipinski definition) is 1. The number of anilines is 1. The van der Waals surface area contributed by atoms with Crippen molar-refractivity contribution in [2.45, 2.75) is 38.6 Å². The zero-order valence-electron chi connectivity index (χ0n) is 15.6. The lowest BCUT2D eigenvalue weighted by atomic mass is 9.89. The lowest BCUT2D eigenvalue weighted by Crippen LogP contribution is -2.16. The maximum absolute atomic E-state index is 4.77. The molecule has 1 fully saturated rings. The fourth-order valence-electron chi connectivity index (χ4n) is 4.00. The van der Waals surface area contributed by atoms with Gasteiger partial charge in [0.25, 0.3) is 0 Å². The van der Waals surface area contributed by atoms with Gasteiger partial charge in [0, 0.05) is 17.2 Å². The number of fused-ring (bicyclic) bond motifs is 2. The molecule has 0 saturated heterocycles. The van der Waals surface area contributed by atoms with Crippen molar-refractivity contribution in [3.63, 3.8) is 0 Å². The highest BCUT2D eigenvalue weighted by Gasteiger charge is 2.14. The van der Waals surface area contributed by atoms with Crippen LogP contribution in [0.2, 0.25) is 0 Å². The van der Waals surface area contributed by atoms with Gasteiger partial charge in [-0.3, -0.25) is 0 Å². The zero-order valence-corrected chi connectivity index (χ0v) is 18.0. The van der Waals surface area contributed by atoms with Gasteiger partial charge in [0.05, 0.1) is 23.1 Å². The molecule has 1 N–H and O–H groups in total. The number of imidazole rings is 1. The van der Waals surface area contributed by atoms with Gasteiger partial charge < -0.3 is 9.88 Å². The smallest absolute Gasteiger partial charge is 0.183 e. The largest absolute Gasteiger partial charge is 0.361 e. The van der Waals surface area contributed by atoms with Crippen molar-refractivity contribution in [3.05, 3.63) is 46.8 Å². The van der Waals surface area contributed by atoms with E-state index < -0.39 is 0 Å². The van der Waals surface area contributed by atoms with Crippen LogP contribution in [0.3, 0.4) is 0 Å². The second-order valence-electron chi connectivity index (χ2n) is 7.57. The molecule has 5 rings (SSSR count). The first-order chi connectivity index (χ1) is 13.7. The molecule has 1 aliphatic carbocycles. The molecule has 3 heterocycles. The molecule has 0 radical (unpaired) electrons. The van der Waals surface area contributed by atoms with Crippen molar-refractivity contribution in [1.29, 1.82) is 0 Å². The summed E-state index contributed by atoms with van der Waals surface area (Å²) in [6.45, 7) is 1.80. The van der Waals surface area contributed by atoms with E-state index in [0.29, 0.717) is 0 Å². The highest BCUT2D eigenvalue weighted by atomic mass is 79.9. The van der Waals surface area contributed by atoms with E-state index in [1.807, 2.05) is 18.6 Å². The van der Waals surface area contributed by atoms with Crippen LogP contribution in [-0.2, 0) is 6.54 Å². The third-order valence-corrected chi connectivity index (χ3v) is 6.90. The molecule has 0 aliphatic heterocycles. The molecule has 7 heteroatoms. The highest BCUT2D eigenvalue weighted by molar-refractivity contribution is 9.10. The Labute approximate surface area is 176 Å². The third kappa shape index (κ3) is 3.78. The van der Waals surface area contributed by atoms with Crippen LogP contribution in [0.15, 0.2) is 41.3 Å². The van der Waals surface area contributed by atoms with Gasteiger partial charge in [0.15, 0.2) is 10.8 Å². The Morgan fingerprint density at radius 3 is 2.89 bits per heavy atom. The number of nitrogens with one attached hydrogen (secondary N) is 1. The quantitative estimate of drug-likeness (QED) is 0.410. The van der Waals surface area contributed by atoms with E-state index in [1.165, 1.54) is 42.4 Å². The van der Waals surface area contributed by atoms with Gasteiger partial charge >= 0.3 is 0 Å². The first-order valence-electron chi connectivity index (χ1n) is 9.84. The molecule has 0 amide bonds. The predicted octanol–water partition coefficient (Wildman–Crippen LogP) is 5.84. The molecular formula is C21H22BrN5S. The average Bonchev–Trinajstić information content (AvgIpc) is 3.30. The predicted molar refractivity (Wildman–Crippen MR) is 119 cm³/mol. The molecule has 1 aliphatic rings. The van der Waals surface area contributed by atoms with Gasteiger partial charge in [-0.1, -0.05) is 36.7 Å². The van der Waals surface area contributed by atoms with Gasteiger partial charge in [-0.15, -0.1) is 0 Å². The Hall–Kier alpha value is -1.99. The summed E-state index contributed by atoms with van der Waals surface area (Å²) in [7, 11) is 0. The van der Waals surface area contributed by atoms with Crippen molar-refractivity contribution in [3.8, 4) is 0 Å². The number of nitrogens with zero attached hydrogens (tertiary/aromatic N) is 4. The van der Waals surface area contributed by atoms with Crippen LogP contribution >= 0.6 is 27.3 Å². The molecular weight excluding hydrogens is 434 g/mol. The van der Waals surface area contributed by atoms with Gasteiger partial charge in [0.2, 0.25) is 0 Å². The zero-order chi connectivity index (χ0) is 18.9. The number of aromatic nitrogens is 4. The topological polar surface area (TPSA) is 55.6 Å². The maximum atomic E-state index is 4.77. The first kappa shape index (κ1) is 18.1. The van der Waals surface area contributed by atoms with Gasteiger partial charge in [-0.25, -0.2) is 15.0 Å². The number of halogens is 1. The summed E-state index contributed by atoms with van der Waals surface area (Å²) in [6, 6.07) is 8.51. The van der Waals surface area contributed by atoms with E-state index in [4.69, 9.17) is 4.98 Å². The molecule has 4 aromatic rings. The lowest BCUT2D eigenvalue weighted by molar-refractivity contribution is 0.373. The molecule has 1 saturated carbocycles. The molecule has 0 unspecified atom stereocenters. The van der Waals surface area contributed by atoms with E-state index in [1.54, 1.807) is 11.3 Å². The number of rotatable bonds is 5. The Balaban J connectivity index is 1.32. The molecule has 1 aromatic carbocycles. The van der Waals surface area contributed by atoms with Crippen LogP contribution in [0.1, 0.15) is 37.7 Å². The van der Waals surface area contributed by atoms with E-state index in [0.717, 1.165) is 45.3 Å². The van der Waals surface area contributed by atoms with E-state index in [2.05, 4.69) is 54.0 Å². The normalized spacial score (nSPS) is 15.5. The second kappa shape index (κ2) is 7.79. The van der Waals surface area contributed by atoms with Gasteiger partial charge in [-0.05, 0) is 58.5 Å². The van der Waals surface area contributed by atoms with E-state index in [-0.39, 0.29) is 0 Å². The van der Waals surface area contributed by atoms with Crippen molar-refractivity contribution in [2.75, 3.05) is 11.9 Å². The molecule has 0 spiro atoms. The fraction of sp³-hybridized carbons (Fsp3) is 0.381. The van der Waals surface area contributed by atoms with E-state index in [9.17, 15) is 0 Å². The molecule has 5 nitrogen and oxygen atoms in total. The Morgan fingerprint density at radius 1 is 1.11 bits per heavy atom. The standard InChI is InChI=1S/C21H22BrN5S/c22-16-9-18-20(23-11-16)27(13-25-18)12-15-6-7-17-19(8-15)28-21(26-17)24-10-14-4-2-1-3-5-14/h6-9,11,13-14H,1-5,10,12H2,(H,24,26). The minimum Gasteiger partial charge on any atom is -0.361 e. The monoisotopic (exact) mass is 455 g/mol. The fourth-order valence-corrected chi connectivity index (χ4v) is 5.26. The molecule has 144 valence electrons. The van der Waals surface area contributed by atoms with Crippen LogP contribution in [-0.4, -0.2) is 26.1 Å². The summed E-state index contributed by atoms with van der Waals surface area (Å²) in [5.41, 5.74) is 4.11. The second-order valence-corrected chi connectivity index (χ2v) is 9.52. The van der Waals surface area contributed by atoms with Crippen molar-refractivity contribution in [1.82, 2.24) is 19.5 Å². The summed E-state index contributed by atoms with van der Waals surface area (Å²) >= 11 is 5.20. The number of thiazole rings is 1.